The van der Waals surface area contributed by atoms with Crippen molar-refractivity contribution in [3.05, 3.63) is 12.7 Å². The number of rotatable bonds is 18. The van der Waals surface area contributed by atoms with Gasteiger partial charge in [0.05, 0.1) is 0 Å². The summed E-state index contributed by atoms with van der Waals surface area (Å²) in [6.07, 6.45) is 39.3. The Kier molecular flexibility index (Phi) is 15.0. The van der Waals surface area contributed by atoms with E-state index < -0.39 is 0 Å². The van der Waals surface area contributed by atoms with E-state index in [1.165, 1.54) is 161 Å². The van der Waals surface area contributed by atoms with Gasteiger partial charge in [0.1, 0.15) is 0 Å². The van der Waals surface area contributed by atoms with Crippen LogP contribution in [0.15, 0.2) is 12.7 Å². The van der Waals surface area contributed by atoms with Crippen LogP contribution in [0.25, 0.3) is 0 Å². The number of hydrogen-bond acceptors (Lipinski definition) is 0. The molecule has 2 saturated carbocycles. The second-order valence-corrected chi connectivity index (χ2v) is 11.3. The van der Waals surface area contributed by atoms with E-state index in [0.29, 0.717) is 5.41 Å². The van der Waals surface area contributed by atoms with Crippen molar-refractivity contribution in [3.63, 3.8) is 0 Å². The zero-order valence-electron chi connectivity index (χ0n) is 21.6. The first-order valence-electron chi connectivity index (χ1n) is 15.0. The van der Waals surface area contributed by atoms with E-state index in [4.69, 9.17) is 0 Å². The summed E-state index contributed by atoms with van der Waals surface area (Å²) < 4.78 is 0. The van der Waals surface area contributed by atoms with Gasteiger partial charge in [-0.1, -0.05) is 141 Å². The molecule has 2 aliphatic rings. The quantitative estimate of drug-likeness (QED) is 0.150. The Morgan fingerprint density at radius 1 is 0.548 bits per heavy atom. The summed E-state index contributed by atoms with van der Waals surface area (Å²) in [5, 5.41) is 0. The Labute approximate surface area is 197 Å². The maximum absolute atomic E-state index is 4.47. The smallest absolute Gasteiger partial charge is 0.00644 e. The molecule has 0 aromatic rings. The molecule has 182 valence electrons. The van der Waals surface area contributed by atoms with Crippen molar-refractivity contribution in [1.82, 2.24) is 0 Å². The van der Waals surface area contributed by atoms with E-state index in [-0.39, 0.29) is 0 Å². The average molecular weight is 431 g/mol. The Hall–Kier alpha value is -0.260. The third kappa shape index (κ3) is 10.0. The normalized spacial score (nSPS) is 19.0. The molecule has 0 unspecified atom stereocenters. The first kappa shape index (κ1) is 27.0. The number of unbranched alkanes of at least 4 members (excludes halogenated alkanes) is 13. The predicted molar refractivity (Wildman–Crippen MR) is 141 cm³/mol. The van der Waals surface area contributed by atoms with Gasteiger partial charge in [0.25, 0.3) is 0 Å². The van der Waals surface area contributed by atoms with Crippen LogP contribution >= 0.6 is 0 Å². The molecule has 0 radical (unpaired) electrons. The zero-order valence-corrected chi connectivity index (χ0v) is 21.6. The molecule has 0 heteroatoms. The lowest BCUT2D eigenvalue weighted by molar-refractivity contribution is 0.0578. The Morgan fingerprint density at radius 2 is 0.903 bits per heavy atom. The van der Waals surface area contributed by atoms with E-state index in [0.717, 1.165) is 11.8 Å². The summed E-state index contributed by atoms with van der Waals surface area (Å²) in [5.74, 6) is 1.90. The third-order valence-corrected chi connectivity index (χ3v) is 9.07. The maximum Gasteiger partial charge on any atom is -0.00644 e. The van der Waals surface area contributed by atoms with Crippen molar-refractivity contribution in [2.75, 3.05) is 0 Å². The summed E-state index contributed by atoms with van der Waals surface area (Å²) in [6, 6.07) is 0. The molecule has 0 spiro atoms. The van der Waals surface area contributed by atoms with Crippen LogP contribution in [0, 0.1) is 17.3 Å². The molecule has 0 amide bonds. The summed E-state index contributed by atoms with van der Waals surface area (Å²) in [7, 11) is 0. The highest BCUT2D eigenvalue weighted by atomic mass is 14.5. The average Bonchev–Trinajstić information content (AvgIpc) is 2.83. The fourth-order valence-corrected chi connectivity index (χ4v) is 7.08. The molecule has 0 heterocycles. The summed E-state index contributed by atoms with van der Waals surface area (Å²) in [4.78, 5) is 0. The van der Waals surface area contributed by atoms with Gasteiger partial charge in [-0.2, -0.15) is 0 Å². The highest BCUT2D eigenvalue weighted by molar-refractivity contribution is 5.04. The van der Waals surface area contributed by atoms with Crippen molar-refractivity contribution in [2.24, 2.45) is 17.3 Å². The molecule has 0 saturated heterocycles. The molecule has 2 aliphatic carbocycles. The van der Waals surface area contributed by atoms with Crippen molar-refractivity contribution in [2.45, 2.75) is 167 Å². The molecule has 31 heavy (non-hydrogen) atoms. The summed E-state index contributed by atoms with van der Waals surface area (Å²) >= 11 is 0. The van der Waals surface area contributed by atoms with E-state index in [1.54, 1.807) is 0 Å². The van der Waals surface area contributed by atoms with E-state index in [1.807, 2.05) is 0 Å². The second kappa shape index (κ2) is 17.2. The number of allylic oxidation sites excluding steroid dienone is 1. The van der Waals surface area contributed by atoms with Gasteiger partial charge in [-0.15, -0.1) is 6.58 Å². The molecule has 0 aromatic carbocycles. The highest BCUT2D eigenvalue weighted by Gasteiger charge is 2.42. The molecule has 2 rings (SSSR count). The van der Waals surface area contributed by atoms with Gasteiger partial charge >= 0.3 is 0 Å². The Morgan fingerprint density at radius 3 is 1.26 bits per heavy atom. The van der Waals surface area contributed by atoms with Crippen molar-refractivity contribution >= 4 is 0 Å². The van der Waals surface area contributed by atoms with E-state index in [9.17, 15) is 0 Å². The molecule has 0 N–H and O–H groups in total. The second-order valence-electron chi connectivity index (χ2n) is 11.3. The van der Waals surface area contributed by atoms with Gasteiger partial charge in [-0.05, 0) is 49.4 Å². The molecular weight excluding hydrogens is 372 g/mol. The minimum Gasteiger partial charge on any atom is -0.103 e. The largest absolute Gasteiger partial charge is 0.103 e. The predicted octanol–water partition coefficient (Wildman–Crippen LogP) is 11.2. The monoisotopic (exact) mass is 430 g/mol. The van der Waals surface area contributed by atoms with Crippen LogP contribution in [0.2, 0.25) is 0 Å². The van der Waals surface area contributed by atoms with Crippen LogP contribution in [0.3, 0.4) is 0 Å². The fraction of sp³-hybridized carbons (Fsp3) is 0.935. The maximum atomic E-state index is 4.47. The molecule has 0 bridgehead atoms. The van der Waals surface area contributed by atoms with Crippen LogP contribution < -0.4 is 0 Å². The highest BCUT2D eigenvalue weighted by Crippen LogP contribution is 2.52. The Balaban J connectivity index is 1.58. The van der Waals surface area contributed by atoms with Gasteiger partial charge in [0, 0.05) is 0 Å². The molecule has 2 fully saturated rings. The van der Waals surface area contributed by atoms with Crippen LogP contribution in [0.4, 0.5) is 0 Å². The fourth-order valence-electron chi connectivity index (χ4n) is 7.08. The van der Waals surface area contributed by atoms with E-state index >= 15 is 0 Å². The molecule has 0 aromatic heterocycles. The van der Waals surface area contributed by atoms with Crippen molar-refractivity contribution < 1.29 is 0 Å². The van der Waals surface area contributed by atoms with Gasteiger partial charge in [-0.3, -0.25) is 0 Å². The summed E-state index contributed by atoms with van der Waals surface area (Å²) in [5.41, 5.74) is 0.484. The van der Waals surface area contributed by atoms with Gasteiger partial charge in [0.2, 0.25) is 0 Å². The van der Waals surface area contributed by atoms with Crippen molar-refractivity contribution in [3.8, 4) is 0 Å². The Bertz CT molecular complexity index is 392. The number of hydrogen-bond donors (Lipinski definition) is 0. The standard InChI is InChI=1S/C31H58/c1-3-5-6-7-8-9-10-11-12-13-14-15-16-23-28-31(4-2,29-24-19-17-20-25-29)30-26-21-18-22-27-30/h4,29-30H,2-3,5-28H2,1H3. The molecule has 0 atom stereocenters. The van der Waals surface area contributed by atoms with Crippen LogP contribution in [-0.2, 0) is 0 Å². The lowest BCUT2D eigenvalue weighted by atomic mass is 9.57. The van der Waals surface area contributed by atoms with Gasteiger partial charge < -0.3 is 0 Å². The minimum atomic E-state index is 0.484. The topological polar surface area (TPSA) is 0 Å². The van der Waals surface area contributed by atoms with Crippen LogP contribution in [0.5, 0.6) is 0 Å². The van der Waals surface area contributed by atoms with E-state index in [2.05, 4.69) is 19.6 Å². The first-order valence-corrected chi connectivity index (χ1v) is 15.0. The molecule has 0 nitrogen and oxygen atoms in total. The van der Waals surface area contributed by atoms with Crippen LogP contribution in [-0.4, -0.2) is 0 Å². The summed E-state index contributed by atoms with van der Waals surface area (Å²) in [6.45, 7) is 6.78. The minimum absolute atomic E-state index is 0.484. The lowest BCUT2D eigenvalue weighted by Gasteiger charge is -2.48. The first-order chi connectivity index (χ1) is 15.3. The zero-order chi connectivity index (χ0) is 22.0. The molecular formula is C31H58. The third-order valence-electron chi connectivity index (χ3n) is 9.07. The van der Waals surface area contributed by atoms with Gasteiger partial charge in [0.15, 0.2) is 0 Å². The van der Waals surface area contributed by atoms with Crippen molar-refractivity contribution in [1.29, 1.82) is 0 Å². The SMILES string of the molecule is C=CC(CCCCCCCCCCCCCCCC)(C1CCCCC1)C1CCCCC1. The van der Waals surface area contributed by atoms with Crippen LogP contribution in [0.1, 0.15) is 167 Å². The lowest BCUT2D eigenvalue weighted by Crippen LogP contribution is -2.38. The molecule has 0 aliphatic heterocycles. The van der Waals surface area contributed by atoms with Gasteiger partial charge in [-0.25, -0.2) is 0 Å².